The number of carbonyl (C=O) groups excluding carboxylic acids is 1. The topological polar surface area (TPSA) is 40.1 Å². The largest absolute Gasteiger partial charge is 1.00 e. The van der Waals surface area contributed by atoms with Crippen molar-refractivity contribution in [2.75, 3.05) is 0 Å². The normalized spacial score (nSPS) is 37.7. The third kappa shape index (κ3) is 1.26. The predicted octanol–water partition coefficient (Wildman–Crippen LogP) is -2.77. The Labute approximate surface area is 77.8 Å². The quantitative estimate of drug-likeness (QED) is 0.210. The summed E-state index contributed by atoms with van der Waals surface area (Å²) in [7, 11) is 0. The summed E-state index contributed by atoms with van der Waals surface area (Å²) in [6.45, 7) is 1.49. The predicted molar refractivity (Wildman–Crippen MR) is 33.9 cm³/mol. The molecule has 0 amide bonds. The van der Waals surface area contributed by atoms with Gasteiger partial charge in [-0.05, 0) is 23.8 Å². The van der Waals surface area contributed by atoms with Crippen LogP contribution in [0.3, 0.4) is 0 Å². The third-order valence-corrected chi connectivity index (χ3v) is 2.42. The van der Waals surface area contributed by atoms with Crippen LogP contribution in [-0.4, -0.2) is 5.78 Å². The summed E-state index contributed by atoms with van der Waals surface area (Å²) in [6, 6.07) is 0. The van der Waals surface area contributed by atoms with Crippen molar-refractivity contribution in [3.8, 4) is 0 Å². The van der Waals surface area contributed by atoms with Gasteiger partial charge in [0.1, 0.15) is 0 Å². The first-order chi connectivity index (χ1) is 4.70. The maximum atomic E-state index is 11.0. The molecule has 0 N–H and O–H groups in total. The summed E-state index contributed by atoms with van der Waals surface area (Å²) in [5, 5.41) is 10.8. The number of hydrogen-bond acceptors (Lipinski definition) is 2. The molecule has 0 spiro atoms. The molecule has 2 fully saturated rings. The molecule has 2 nitrogen and oxygen atoms in total. The van der Waals surface area contributed by atoms with Crippen molar-refractivity contribution in [3.05, 3.63) is 11.3 Å². The van der Waals surface area contributed by atoms with Crippen molar-refractivity contribution in [1.29, 1.82) is 0 Å². The van der Waals surface area contributed by atoms with Gasteiger partial charge in [-0.1, -0.05) is 6.92 Å². The van der Waals surface area contributed by atoms with Crippen molar-refractivity contribution < 1.29 is 28.8 Å². The van der Waals surface area contributed by atoms with Crippen LogP contribution in [0.5, 0.6) is 0 Å². The van der Waals surface area contributed by atoms with Gasteiger partial charge in [0.15, 0.2) is 5.78 Å². The molecule has 2 saturated carbocycles. The van der Waals surface area contributed by atoms with Crippen LogP contribution in [-0.2, 0) is 4.79 Å². The molecule has 2 unspecified atom stereocenters. The molecule has 2 atom stereocenters. The van der Waals surface area contributed by atoms with Crippen molar-refractivity contribution >= 4 is 5.78 Å². The van der Waals surface area contributed by atoms with E-state index in [-0.39, 0.29) is 30.4 Å². The zero-order valence-electron chi connectivity index (χ0n) is 6.89. The minimum Gasteiger partial charge on any atom is -0.875 e. The Balaban J connectivity index is 0.000000605. The second-order valence-corrected chi connectivity index (χ2v) is 3.20. The fraction of sp³-hybridized carbons (Fsp3) is 0.625. The van der Waals surface area contributed by atoms with E-state index in [0.29, 0.717) is 23.8 Å². The van der Waals surface area contributed by atoms with Crippen molar-refractivity contribution in [2.45, 2.75) is 19.8 Å². The summed E-state index contributed by atoms with van der Waals surface area (Å²) < 4.78 is 0. The molecule has 0 bridgehead atoms. The van der Waals surface area contributed by atoms with Gasteiger partial charge in [0.25, 0.3) is 0 Å². The van der Waals surface area contributed by atoms with Gasteiger partial charge in [0.2, 0.25) is 0 Å². The molecule has 11 heavy (non-hydrogen) atoms. The maximum absolute atomic E-state index is 11.0. The first-order valence-electron chi connectivity index (χ1n) is 3.61. The molecule has 3 heteroatoms. The molecule has 0 aromatic heterocycles. The van der Waals surface area contributed by atoms with Crippen LogP contribution in [0.4, 0.5) is 0 Å². The van der Waals surface area contributed by atoms with Gasteiger partial charge >= 0.3 is 18.9 Å². The van der Waals surface area contributed by atoms with E-state index in [1.807, 2.05) is 0 Å². The molecule has 0 aromatic rings. The monoisotopic (exact) mass is 144 g/mol. The first-order valence-corrected chi connectivity index (χ1v) is 3.61. The average Bonchev–Trinajstić information content (AvgIpc) is 2.42. The summed E-state index contributed by atoms with van der Waals surface area (Å²) in [6.07, 6.45) is 1.72. The molecule has 2 rings (SSSR count). The Morgan fingerprint density at radius 1 is 1.64 bits per heavy atom. The Morgan fingerprint density at radius 3 is 2.55 bits per heavy atom. The van der Waals surface area contributed by atoms with Crippen LogP contribution in [0.25, 0.3) is 0 Å². The van der Waals surface area contributed by atoms with Gasteiger partial charge in [0, 0.05) is 6.42 Å². The number of carbonyl (C=O) groups is 1. The Bertz CT molecular complexity index is 228. The Morgan fingerprint density at radius 2 is 2.27 bits per heavy atom. The second-order valence-electron chi connectivity index (χ2n) is 3.20. The maximum Gasteiger partial charge on any atom is 1.00 e. The molecule has 0 heterocycles. The number of Topliss-reactive ketones (excluding diaryl/α,β-unsaturated/α-hetero) is 1. The number of rotatable bonds is 0. The van der Waals surface area contributed by atoms with E-state index < -0.39 is 0 Å². The molecule has 0 saturated heterocycles. The van der Waals surface area contributed by atoms with Gasteiger partial charge in [-0.15, -0.1) is 5.76 Å². The van der Waals surface area contributed by atoms with E-state index >= 15 is 0 Å². The fourth-order valence-corrected chi connectivity index (χ4v) is 1.84. The molecule has 2 aliphatic carbocycles. The molecule has 0 aromatic carbocycles. The number of ketones is 1. The molecular weight excluding hydrogens is 135 g/mol. The van der Waals surface area contributed by atoms with Crippen LogP contribution in [0, 0.1) is 11.8 Å². The number of allylic oxidation sites excluding steroid dienone is 2. The molecule has 0 aliphatic heterocycles. The second kappa shape index (κ2) is 2.69. The minimum absolute atomic E-state index is 0. The van der Waals surface area contributed by atoms with Crippen molar-refractivity contribution in [2.24, 2.45) is 11.8 Å². The van der Waals surface area contributed by atoms with Crippen LogP contribution in [0.2, 0.25) is 0 Å². The van der Waals surface area contributed by atoms with E-state index in [1.165, 1.54) is 6.92 Å². The third-order valence-electron chi connectivity index (χ3n) is 2.42. The summed E-state index contributed by atoms with van der Waals surface area (Å²) in [5.41, 5.74) is 0.602. The van der Waals surface area contributed by atoms with Crippen LogP contribution < -0.4 is 24.0 Å². The summed E-state index contributed by atoms with van der Waals surface area (Å²) in [4.78, 5) is 11.0. The zero-order valence-corrected chi connectivity index (χ0v) is 6.89. The van der Waals surface area contributed by atoms with Gasteiger partial charge < -0.3 is 5.11 Å². The molecule has 54 valence electrons. The number of hydrogen-bond donors (Lipinski definition) is 0. The standard InChI is InChI=1S/C8H10O2.Li/c1-4(9)8-6-2-5(6)3-7(8)10;/h5-6,9H,2-3H2,1H3;/q;+1/p-1/b8-4-;. The molecule has 0 radical (unpaired) electrons. The van der Waals surface area contributed by atoms with Gasteiger partial charge in [0.05, 0.1) is 0 Å². The van der Waals surface area contributed by atoms with Crippen LogP contribution >= 0.6 is 0 Å². The molecule has 2 aliphatic rings. The van der Waals surface area contributed by atoms with Gasteiger partial charge in [-0.25, -0.2) is 0 Å². The van der Waals surface area contributed by atoms with E-state index in [1.54, 1.807) is 0 Å². The van der Waals surface area contributed by atoms with E-state index in [9.17, 15) is 9.90 Å². The van der Waals surface area contributed by atoms with Gasteiger partial charge in [-0.2, -0.15) is 0 Å². The smallest absolute Gasteiger partial charge is 0.875 e. The SMILES string of the molecule is C/C([O-])=C1/C(=O)CC2CC12.[Li+]. The van der Waals surface area contributed by atoms with E-state index in [0.717, 1.165) is 6.42 Å². The summed E-state index contributed by atoms with van der Waals surface area (Å²) in [5.74, 6) is 1.01. The van der Waals surface area contributed by atoms with E-state index in [4.69, 9.17) is 0 Å². The minimum atomic E-state index is -0.00463. The van der Waals surface area contributed by atoms with Gasteiger partial charge in [-0.3, -0.25) is 4.79 Å². The summed E-state index contributed by atoms with van der Waals surface area (Å²) >= 11 is 0. The Kier molecular flexibility index (Phi) is 2.18. The Hall–Kier alpha value is -0.193. The fourth-order valence-electron chi connectivity index (χ4n) is 1.84. The molecular formula is C8H9LiO2. The van der Waals surface area contributed by atoms with Crippen LogP contribution in [0.1, 0.15) is 19.8 Å². The van der Waals surface area contributed by atoms with E-state index in [2.05, 4.69) is 0 Å². The first kappa shape index (κ1) is 8.90. The van der Waals surface area contributed by atoms with Crippen LogP contribution in [0.15, 0.2) is 11.3 Å². The zero-order chi connectivity index (χ0) is 7.30. The average molecular weight is 144 g/mol. The number of fused-ring (bicyclic) bond motifs is 1. The van der Waals surface area contributed by atoms with Crippen molar-refractivity contribution in [3.63, 3.8) is 0 Å². The van der Waals surface area contributed by atoms with Crippen molar-refractivity contribution in [1.82, 2.24) is 0 Å².